The molecule has 0 aromatic carbocycles. The van der Waals surface area contributed by atoms with Crippen LogP contribution in [0.4, 0.5) is 0 Å². The largest absolute Gasteiger partial charge is 0.476 e. The van der Waals surface area contributed by atoms with Crippen LogP contribution in [0, 0.1) is 11.3 Å². The lowest BCUT2D eigenvalue weighted by Gasteiger charge is -2.40. The zero-order valence-electron chi connectivity index (χ0n) is 9.93. The van der Waals surface area contributed by atoms with Crippen LogP contribution in [0.2, 0.25) is 0 Å². The van der Waals surface area contributed by atoms with E-state index in [2.05, 4.69) is 0 Å². The van der Waals surface area contributed by atoms with E-state index in [1.165, 1.54) is 0 Å². The number of carbonyl (C=O) groups excluding carboxylic acids is 1. The van der Waals surface area contributed by atoms with Gasteiger partial charge in [-0.25, -0.2) is 4.79 Å². The zero-order chi connectivity index (χ0) is 13.0. The van der Waals surface area contributed by atoms with Gasteiger partial charge in [-0.3, -0.25) is 9.69 Å². The van der Waals surface area contributed by atoms with Crippen molar-refractivity contribution in [3.05, 3.63) is 11.5 Å². The molecule has 0 radical (unpaired) electrons. The lowest BCUT2D eigenvalue weighted by atomic mass is 9.92. The first-order valence-electron chi connectivity index (χ1n) is 5.37. The first kappa shape index (κ1) is 11.9. The highest BCUT2D eigenvalue weighted by atomic mass is 16.5. The van der Waals surface area contributed by atoms with Crippen molar-refractivity contribution in [1.29, 1.82) is 0 Å². The van der Waals surface area contributed by atoms with E-state index < -0.39 is 29.4 Å². The SMILES string of the molecule is CC(C)(C)C1=C(C(=O)O)N2C(=O)[C@@H](CO)[C@@H]2O1. The van der Waals surface area contributed by atoms with Gasteiger partial charge in [0, 0.05) is 5.41 Å². The first-order valence-corrected chi connectivity index (χ1v) is 5.37. The van der Waals surface area contributed by atoms with Gasteiger partial charge in [0.25, 0.3) is 0 Å². The number of rotatable bonds is 2. The maximum atomic E-state index is 11.7. The molecule has 0 aromatic heterocycles. The van der Waals surface area contributed by atoms with Crippen LogP contribution in [0.15, 0.2) is 11.5 Å². The molecule has 0 saturated carbocycles. The third-order valence-electron chi connectivity index (χ3n) is 2.93. The van der Waals surface area contributed by atoms with Gasteiger partial charge in [0.15, 0.2) is 11.9 Å². The van der Waals surface area contributed by atoms with Crippen LogP contribution in [-0.4, -0.2) is 39.8 Å². The highest BCUT2D eigenvalue weighted by Gasteiger charge is 2.58. The van der Waals surface area contributed by atoms with Crippen LogP contribution in [0.3, 0.4) is 0 Å². The van der Waals surface area contributed by atoms with E-state index in [1.54, 1.807) is 0 Å². The molecule has 2 atom stereocenters. The predicted octanol–water partition coefficient (Wildman–Crippen LogP) is 0.136. The highest BCUT2D eigenvalue weighted by Crippen LogP contribution is 2.45. The molecular weight excluding hydrogens is 226 g/mol. The summed E-state index contributed by atoms with van der Waals surface area (Å²) >= 11 is 0. The van der Waals surface area contributed by atoms with Gasteiger partial charge in [0.2, 0.25) is 5.91 Å². The van der Waals surface area contributed by atoms with Crippen molar-refractivity contribution in [3.8, 4) is 0 Å². The van der Waals surface area contributed by atoms with Gasteiger partial charge in [-0.1, -0.05) is 20.8 Å². The van der Waals surface area contributed by atoms with Crippen molar-refractivity contribution in [2.45, 2.75) is 27.0 Å². The van der Waals surface area contributed by atoms with Crippen LogP contribution in [0.25, 0.3) is 0 Å². The second kappa shape index (κ2) is 3.46. The predicted molar refractivity (Wildman–Crippen MR) is 56.4 cm³/mol. The summed E-state index contributed by atoms with van der Waals surface area (Å²) in [6.07, 6.45) is -0.659. The number of β-lactam (4-membered cyclic amide) rings is 1. The molecule has 6 heteroatoms. The molecule has 2 aliphatic rings. The molecule has 17 heavy (non-hydrogen) atoms. The Labute approximate surface area is 98.5 Å². The standard InChI is InChI=1S/C11H15NO5/c1-11(2,3)7-6(10(15)16)12-8(14)5(4-13)9(12)17-7/h5,9,13H,4H2,1-3H3,(H,15,16)/t5-,9+/m1/s1. The van der Waals surface area contributed by atoms with E-state index in [0.29, 0.717) is 5.76 Å². The summed E-state index contributed by atoms with van der Waals surface area (Å²) in [5.41, 5.74) is -0.595. The number of aliphatic hydroxyl groups excluding tert-OH is 1. The fraction of sp³-hybridized carbons (Fsp3) is 0.636. The molecule has 0 aromatic rings. The molecule has 0 spiro atoms. The Kier molecular flexibility index (Phi) is 2.43. The minimum Gasteiger partial charge on any atom is -0.476 e. The molecule has 0 aliphatic carbocycles. The molecule has 6 nitrogen and oxygen atoms in total. The molecule has 94 valence electrons. The molecule has 1 saturated heterocycles. The third kappa shape index (κ3) is 1.51. The topological polar surface area (TPSA) is 87.1 Å². The lowest BCUT2D eigenvalue weighted by Crippen LogP contribution is -2.60. The molecule has 0 bridgehead atoms. The van der Waals surface area contributed by atoms with E-state index in [-0.39, 0.29) is 12.3 Å². The van der Waals surface area contributed by atoms with Gasteiger partial charge >= 0.3 is 5.97 Å². The molecule has 2 N–H and O–H groups in total. The Hall–Kier alpha value is -1.56. The average Bonchev–Trinajstić information content (AvgIpc) is 2.53. The number of aliphatic carboxylic acids is 1. The van der Waals surface area contributed by atoms with E-state index in [0.717, 1.165) is 4.90 Å². The number of hydrogen-bond donors (Lipinski definition) is 2. The van der Waals surface area contributed by atoms with Gasteiger partial charge in [-0.05, 0) is 0 Å². The number of fused-ring (bicyclic) bond motifs is 1. The van der Waals surface area contributed by atoms with Crippen molar-refractivity contribution in [2.24, 2.45) is 11.3 Å². The van der Waals surface area contributed by atoms with Gasteiger partial charge in [0.1, 0.15) is 11.7 Å². The van der Waals surface area contributed by atoms with E-state index >= 15 is 0 Å². The van der Waals surface area contributed by atoms with Crippen LogP contribution in [0.1, 0.15) is 20.8 Å². The minimum absolute atomic E-state index is 0.0998. The summed E-state index contributed by atoms with van der Waals surface area (Å²) in [7, 11) is 0. The summed E-state index contributed by atoms with van der Waals surface area (Å²) in [6, 6.07) is 0. The molecule has 2 aliphatic heterocycles. The van der Waals surface area contributed by atoms with Crippen LogP contribution in [-0.2, 0) is 14.3 Å². The van der Waals surface area contributed by atoms with E-state index in [9.17, 15) is 9.59 Å². The molecule has 2 heterocycles. The van der Waals surface area contributed by atoms with Crippen molar-refractivity contribution < 1.29 is 24.5 Å². The number of carboxylic acids is 1. The summed E-state index contributed by atoms with van der Waals surface area (Å²) in [4.78, 5) is 24.0. The van der Waals surface area contributed by atoms with Gasteiger partial charge < -0.3 is 14.9 Å². The summed E-state index contributed by atoms with van der Waals surface area (Å²) in [5, 5.41) is 18.2. The number of carboxylic acid groups (broad SMARTS) is 1. The number of allylic oxidation sites excluding steroid dienone is 1. The van der Waals surface area contributed by atoms with Crippen molar-refractivity contribution in [1.82, 2.24) is 4.90 Å². The second-order valence-corrected chi connectivity index (χ2v) is 5.24. The zero-order valence-corrected chi connectivity index (χ0v) is 9.93. The maximum Gasteiger partial charge on any atom is 0.356 e. The van der Waals surface area contributed by atoms with Crippen molar-refractivity contribution in [2.75, 3.05) is 6.61 Å². The van der Waals surface area contributed by atoms with Crippen molar-refractivity contribution in [3.63, 3.8) is 0 Å². The first-order chi connectivity index (χ1) is 7.79. The van der Waals surface area contributed by atoms with Crippen LogP contribution in [0.5, 0.6) is 0 Å². The lowest BCUT2D eigenvalue weighted by molar-refractivity contribution is -0.176. The summed E-state index contributed by atoms with van der Waals surface area (Å²) in [6.45, 7) is 5.12. The summed E-state index contributed by atoms with van der Waals surface area (Å²) in [5.74, 6) is -1.93. The van der Waals surface area contributed by atoms with Gasteiger partial charge in [0.05, 0.1) is 6.61 Å². The number of carbonyl (C=O) groups is 2. The third-order valence-corrected chi connectivity index (χ3v) is 2.93. The molecule has 2 rings (SSSR count). The van der Waals surface area contributed by atoms with Crippen LogP contribution < -0.4 is 0 Å². The minimum atomic E-state index is -1.18. The monoisotopic (exact) mass is 241 g/mol. The van der Waals surface area contributed by atoms with E-state index in [4.69, 9.17) is 14.9 Å². The Morgan fingerprint density at radius 2 is 2.06 bits per heavy atom. The van der Waals surface area contributed by atoms with E-state index in [1.807, 2.05) is 20.8 Å². The Bertz CT molecular complexity index is 420. The average molecular weight is 241 g/mol. The Balaban J connectivity index is 2.40. The number of hydrogen-bond acceptors (Lipinski definition) is 4. The Morgan fingerprint density at radius 3 is 2.47 bits per heavy atom. The number of aliphatic hydroxyl groups is 1. The Morgan fingerprint density at radius 1 is 1.47 bits per heavy atom. The quantitative estimate of drug-likeness (QED) is 0.671. The van der Waals surface area contributed by atoms with Gasteiger partial charge in [-0.15, -0.1) is 0 Å². The molecule has 1 amide bonds. The fourth-order valence-corrected chi connectivity index (χ4v) is 2.08. The maximum absolute atomic E-state index is 11.7. The molecule has 0 unspecified atom stereocenters. The normalized spacial score (nSPS) is 27.8. The smallest absolute Gasteiger partial charge is 0.356 e. The van der Waals surface area contributed by atoms with Crippen molar-refractivity contribution >= 4 is 11.9 Å². The fourth-order valence-electron chi connectivity index (χ4n) is 2.08. The number of nitrogens with zero attached hydrogens (tertiary/aromatic N) is 1. The number of amides is 1. The number of ether oxygens (including phenoxy) is 1. The summed E-state index contributed by atoms with van der Waals surface area (Å²) < 4.78 is 5.52. The van der Waals surface area contributed by atoms with Gasteiger partial charge in [-0.2, -0.15) is 0 Å². The van der Waals surface area contributed by atoms with Crippen LogP contribution >= 0.6 is 0 Å². The molecular formula is C11H15NO5. The molecule has 1 fully saturated rings. The second-order valence-electron chi connectivity index (χ2n) is 5.24. The highest BCUT2D eigenvalue weighted by molar-refractivity contribution is 5.98.